The lowest BCUT2D eigenvalue weighted by Gasteiger charge is -2.29. The van der Waals surface area contributed by atoms with Gasteiger partial charge < -0.3 is 15.4 Å². The molecular formula is C21H24N2O3. The van der Waals surface area contributed by atoms with Crippen molar-refractivity contribution in [3.05, 3.63) is 59.7 Å². The van der Waals surface area contributed by atoms with Gasteiger partial charge in [-0.25, -0.2) is 0 Å². The molecular weight excluding hydrogens is 328 g/mol. The summed E-state index contributed by atoms with van der Waals surface area (Å²) >= 11 is 0. The highest BCUT2D eigenvalue weighted by Gasteiger charge is 2.33. The minimum atomic E-state index is -0.635. The first-order valence-corrected chi connectivity index (χ1v) is 8.74. The third kappa shape index (κ3) is 3.72. The Morgan fingerprint density at radius 3 is 1.96 bits per heavy atom. The third-order valence-electron chi connectivity index (χ3n) is 4.19. The second-order valence-electron chi connectivity index (χ2n) is 7.58. The van der Waals surface area contributed by atoms with Crippen molar-refractivity contribution in [1.82, 2.24) is 10.6 Å². The van der Waals surface area contributed by atoms with E-state index in [-0.39, 0.29) is 17.4 Å². The standard InChI is InChI=1S/C21H24N2O3/c1-13(19(24)23-21(2,3)4)22-20(25)18-14-9-5-7-11-16(14)26-17-12-8-6-10-15(17)18/h5-13,18H,1-4H3,(H,22,25)(H,23,24)/t13-/m0/s1. The Bertz CT molecular complexity index is 794. The van der Waals surface area contributed by atoms with Gasteiger partial charge in [0.2, 0.25) is 11.8 Å². The molecule has 2 aromatic rings. The van der Waals surface area contributed by atoms with Crippen molar-refractivity contribution in [3.8, 4) is 11.5 Å². The molecule has 1 atom stereocenters. The molecule has 0 aliphatic carbocycles. The van der Waals surface area contributed by atoms with Gasteiger partial charge in [-0.15, -0.1) is 0 Å². The fourth-order valence-electron chi connectivity index (χ4n) is 3.03. The lowest BCUT2D eigenvalue weighted by Crippen LogP contribution is -2.51. The topological polar surface area (TPSA) is 67.4 Å². The van der Waals surface area contributed by atoms with Crippen LogP contribution in [0.3, 0.4) is 0 Å². The summed E-state index contributed by atoms with van der Waals surface area (Å²) in [6.45, 7) is 7.41. The zero-order valence-corrected chi connectivity index (χ0v) is 15.5. The van der Waals surface area contributed by atoms with Crippen LogP contribution in [-0.2, 0) is 9.59 Å². The van der Waals surface area contributed by atoms with Crippen LogP contribution in [0, 0.1) is 0 Å². The molecule has 0 saturated carbocycles. The van der Waals surface area contributed by atoms with E-state index in [0.717, 1.165) is 11.1 Å². The molecule has 0 saturated heterocycles. The molecule has 0 unspecified atom stereocenters. The zero-order valence-electron chi connectivity index (χ0n) is 15.5. The fraction of sp³-hybridized carbons (Fsp3) is 0.333. The van der Waals surface area contributed by atoms with E-state index in [4.69, 9.17) is 4.74 Å². The molecule has 0 aromatic heterocycles. The average Bonchev–Trinajstić information content (AvgIpc) is 2.57. The van der Waals surface area contributed by atoms with Crippen LogP contribution in [0.15, 0.2) is 48.5 Å². The van der Waals surface area contributed by atoms with Gasteiger partial charge in [0.25, 0.3) is 0 Å². The molecule has 5 heteroatoms. The Balaban J connectivity index is 1.87. The van der Waals surface area contributed by atoms with Gasteiger partial charge in [0.1, 0.15) is 17.5 Å². The van der Waals surface area contributed by atoms with Crippen LogP contribution < -0.4 is 15.4 Å². The minimum absolute atomic E-state index is 0.209. The van der Waals surface area contributed by atoms with Crippen molar-refractivity contribution < 1.29 is 14.3 Å². The first-order valence-electron chi connectivity index (χ1n) is 8.74. The van der Waals surface area contributed by atoms with E-state index < -0.39 is 12.0 Å². The van der Waals surface area contributed by atoms with Crippen LogP contribution >= 0.6 is 0 Å². The summed E-state index contributed by atoms with van der Waals surface area (Å²) in [5, 5.41) is 5.73. The highest BCUT2D eigenvalue weighted by atomic mass is 16.5. The van der Waals surface area contributed by atoms with E-state index in [1.165, 1.54) is 0 Å². The summed E-state index contributed by atoms with van der Waals surface area (Å²) in [7, 11) is 0. The second kappa shape index (κ2) is 6.83. The number of hydrogen-bond acceptors (Lipinski definition) is 3. The predicted molar refractivity (Wildman–Crippen MR) is 100 cm³/mol. The fourth-order valence-corrected chi connectivity index (χ4v) is 3.03. The van der Waals surface area contributed by atoms with Gasteiger partial charge in [-0.1, -0.05) is 36.4 Å². The number of hydrogen-bond donors (Lipinski definition) is 2. The maximum absolute atomic E-state index is 13.1. The van der Waals surface area contributed by atoms with Crippen LogP contribution in [0.4, 0.5) is 0 Å². The van der Waals surface area contributed by atoms with Gasteiger partial charge in [-0.2, -0.15) is 0 Å². The number of para-hydroxylation sites is 2. The monoisotopic (exact) mass is 352 g/mol. The third-order valence-corrected chi connectivity index (χ3v) is 4.19. The molecule has 0 fully saturated rings. The number of nitrogens with one attached hydrogen (secondary N) is 2. The molecule has 3 rings (SSSR count). The largest absolute Gasteiger partial charge is 0.457 e. The Labute approximate surface area is 153 Å². The Morgan fingerprint density at radius 2 is 1.46 bits per heavy atom. The molecule has 136 valence electrons. The molecule has 0 bridgehead atoms. The molecule has 0 radical (unpaired) electrons. The number of benzene rings is 2. The van der Waals surface area contributed by atoms with E-state index in [1.807, 2.05) is 69.3 Å². The summed E-state index contributed by atoms with van der Waals surface area (Å²) in [5.74, 6) is 0.390. The molecule has 2 amide bonds. The van der Waals surface area contributed by atoms with Gasteiger partial charge in [0.05, 0.1) is 5.92 Å². The van der Waals surface area contributed by atoms with Crippen LogP contribution in [0.1, 0.15) is 44.7 Å². The summed E-state index contributed by atoms with van der Waals surface area (Å²) in [4.78, 5) is 25.4. The van der Waals surface area contributed by atoms with Crippen LogP contribution in [0.5, 0.6) is 11.5 Å². The number of ether oxygens (including phenoxy) is 1. The summed E-state index contributed by atoms with van der Waals surface area (Å²) in [6, 6.07) is 14.3. The lowest BCUT2D eigenvalue weighted by atomic mass is 9.87. The average molecular weight is 352 g/mol. The SMILES string of the molecule is C[C@H](NC(=O)C1c2ccccc2Oc2ccccc21)C(=O)NC(C)(C)C. The molecule has 2 aromatic carbocycles. The van der Waals surface area contributed by atoms with Crippen LogP contribution in [0.25, 0.3) is 0 Å². The normalized spacial score (nSPS) is 14.5. The van der Waals surface area contributed by atoms with Crippen molar-refractivity contribution in [1.29, 1.82) is 0 Å². The summed E-state index contributed by atoms with van der Waals surface area (Å²) in [6.07, 6.45) is 0. The number of amides is 2. The lowest BCUT2D eigenvalue weighted by molar-refractivity contribution is -0.129. The van der Waals surface area contributed by atoms with E-state index in [0.29, 0.717) is 11.5 Å². The minimum Gasteiger partial charge on any atom is -0.457 e. The number of rotatable bonds is 3. The first-order chi connectivity index (χ1) is 12.3. The van der Waals surface area contributed by atoms with Gasteiger partial charge in [0, 0.05) is 16.7 Å². The van der Waals surface area contributed by atoms with E-state index >= 15 is 0 Å². The number of carbonyl (C=O) groups excluding carboxylic acids is 2. The Morgan fingerprint density at radius 1 is 0.962 bits per heavy atom. The van der Waals surface area contributed by atoms with Gasteiger partial charge in [-0.3, -0.25) is 9.59 Å². The highest BCUT2D eigenvalue weighted by Crippen LogP contribution is 2.43. The van der Waals surface area contributed by atoms with Gasteiger partial charge in [0.15, 0.2) is 0 Å². The molecule has 5 nitrogen and oxygen atoms in total. The van der Waals surface area contributed by atoms with Crippen molar-refractivity contribution in [2.75, 3.05) is 0 Å². The Hall–Kier alpha value is -2.82. The summed E-state index contributed by atoms with van der Waals surface area (Å²) in [5.41, 5.74) is 1.24. The van der Waals surface area contributed by atoms with Gasteiger partial charge in [-0.05, 0) is 39.8 Å². The number of fused-ring (bicyclic) bond motifs is 2. The zero-order chi connectivity index (χ0) is 18.9. The molecule has 26 heavy (non-hydrogen) atoms. The molecule has 1 aliphatic rings. The molecule has 0 spiro atoms. The summed E-state index contributed by atoms with van der Waals surface area (Å²) < 4.78 is 5.92. The van der Waals surface area contributed by atoms with E-state index in [2.05, 4.69) is 10.6 Å². The second-order valence-corrected chi connectivity index (χ2v) is 7.58. The van der Waals surface area contributed by atoms with Crippen molar-refractivity contribution >= 4 is 11.8 Å². The molecule has 2 N–H and O–H groups in total. The first kappa shape index (κ1) is 18.0. The van der Waals surface area contributed by atoms with Crippen molar-refractivity contribution in [2.24, 2.45) is 0 Å². The van der Waals surface area contributed by atoms with Crippen LogP contribution in [-0.4, -0.2) is 23.4 Å². The van der Waals surface area contributed by atoms with Crippen molar-refractivity contribution in [3.63, 3.8) is 0 Å². The Kier molecular flexibility index (Phi) is 4.72. The van der Waals surface area contributed by atoms with Crippen molar-refractivity contribution in [2.45, 2.75) is 45.2 Å². The predicted octanol–water partition coefficient (Wildman–Crippen LogP) is 3.34. The highest BCUT2D eigenvalue weighted by molar-refractivity contribution is 5.93. The maximum Gasteiger partial charge on any atom is 0.242 e. The molecule has 1 aliphatic heterocycles. The van der Waals surface area contributed by atoms with Crippen LogP contribution in [0.2, 0.25) is 0 Å². The smallest absolute Gasteiger partial charge is 0.242 e. The quantitative estimate of drug-likeness (QED) is 0.890. The molecule has 1 heterocycles. The maximum atomic E-state index is 13.1. The van der Waals surface area contributed by atoms with Gasteiger partial charge >= 0.3 is 0 Å². The van der Waals surface area contributed by atoms with E-state index in [1.54, 1.807) is 6.92 Å². The van der Waals surface area contributed by atoms with E-state index in [9.17, 15) is 9.59 Å². The number of carbonyl (C=O) groups is 2.